The van der Waals surface area contributed by atoms with Gasteiger partial charge < -0.3 is 16.2 Å². The fourth-order valence-electron chi connectivity index (χ4n) is 1.89. The first-order valence-corrected chi connectivity index (χ1v) is 6.03. The highest BCUT2D eigenvalue weighted by Gasteiger charge is 2.21. The molecule has 1 unspecified atom stereocenters. The highest BCUT2D eigenvalue weighted by atomic mass is 16.4. The van der Waals surface area contributed by atoms with Crippen LogP contribution in [-0.2, 0) is 9.59 Å². The molecular formula is C11H21N3O3. The molecule has 1 amide bonds. The van der Waals surface area contributed by atoms with Crippen molar-refractivity contribution in [3.05, 3.63) is 0 Å². The van der Waals surface area contributed by atoms with Crippen LogP contribution in [-0.4, -0.2) is 53.6 Å². The van der Waals surface area contributed by atoms with Crippen molar-refractivity contribution in [2.45, 2.75) is 38.3 Å². The Labute approximate surface area is 101 Å². The summed E-state index contributed by atoms with van der Waals surface area (Å²) in [6.07, 6.45) is 2.18. The molecule has 0 radical (unpaired) electrons. The monoisotopic (exact) mass is 243 g/mol. The normalized spacial score (nSPS) is 19.9. The van der Waals surface area contributed by atoms with Crippen LogP contribution in [0.5, 0.6) is 0 Å². The van der Waals surface area contributed by atoms with Gasteiger partial charge in [-0.25, -0.2) is 4.79 Å². The molecule has 98 valence electrons. The van der Waals surface area contributed by atoms with Crippen LogP contribution < -0.4 is 11.1 Å². The van der Waals surface area contributed by atoms with Gasteiger partial charge in [0, 0.05) is 19.1 Å². The predicted molar refractivity (Wildman–Crippen MR) is 63.5 cm³/mol. The van der Waals surface area contributed by atoms with Crippen LogP contribution in [0.3, 0.4) is 0 Å². The summed E-state index contributed by atoms with van der Waals surface area (Å²) in [7, 11) is 0. The molecule has 17 heavy (non-hydrogen) atoms. The lowest BCUT2D eigenvalue weighted by Gasteiger charge is -2.29. The number of carboxylic acid groups (broad SMARTS) is 1. The van der Waals surface area contributed by atoms with Gasteiger partial charge in [-0.15, -0.1) is 0 Å². The van der Waals surface area contributed by atoms with Crippen molar-refractivity contribution in [2.24, 2.45) is 5.73 Å². The Morgan fingerprint density at radius 2 is 2.06 bits per heavy atom. The summed E-state index contributed by atoms with van der Waals surface area (Å²) in [6, 6.07) is -0.550. The Morgan fingerprint density at radius 1 is 1.47 bits per heavy atom. The van der Waals surface area contributed by atoms with Gasteiger partial charge in [0.2, 0.25) is 5.91 Å². The smallest absolute Gasteiger partial charge is 0.326 e. The lowest BCUT2D eigenvalue weighted by molar-refractivity contribution is -0.142. The van der Waals surface area contributed by atoms with Gasteiger partial charge in [-0.2, -0.15) is 0 Å². The number of aliphatic carboxylic acids is 1. The van der Waals surface area contributed by atoms with Crippen LogP contribution in [0.15, 0.2) is 0 Å². The number of rotatable bonds is 5. The minimum absolute atomic E-state index is 0.227. The summed E-state index contributed by atoms with van der Waals surface area (Å²) in [6.45, 7) is 3.60. The van der Waals surface area contributed by atoms with Crippen molar-refractivity contribution >= 4 is 11.9 Å². The molecule has 0 aromatic rings. The minimum Gasteiger partial charge on any atom is -0.480 e. The number of piperidine rings is 1. The zero-order valence-electron chi connectivity index (χ0n) is 10.2. The molecule has 6 heteroatoms. The van der Waals surface area contributed by atoms with Crippen molar-refractivity contribution in [2.75, 3.05) is 19.6 Å². The number of carbonyl (C=O) groups is 2. The Kier molecular flexibility index (Phi) is 5.37. The molecule has 4 N–H and O–H groups in total. The molecule has 0 aromatic carbocycles. The zero-order chi connectivity index (χ0) is 12.8. The van der Waals surface area contributed by atoms with Crippen LogP contribution in [0.1, 0.15) is 26.2 Å². The number of amides is 1. The third-order valence-electron chi connectivity index (χ3n) is 3.04. The van der Waals surface area contributed by atoms with Crippen molar-refractivity contribution < 1.29 is 14.7 Å². The molecule has 1 aliphatic rings. The van der Waals surface area contributed by atoms with Crippen molar-refractivity contribution in [1.29, 1.82) is 0 Å². The Hall–Kier alpha value is -1.14. The van der Waals surface area contributed by atoms with E-state index in [2.05, 4.69) is 5.32 Å². The lowest BCUT2D eigenvalue weighted by atomic mass is 10.1. The number of nitrogens with one attached hydrogen (secondary N) is 1. The number of carboxylic acids is 1. The molecule has 1 atom stereocenters. The van der Waals surface area contributed by atoms with E-state index in [1.165, 1.54) is 0 Å². The van der Waals surface area contributed by atoms with Crippen molar-refractivity contribution in [1.82, 2.24) is 10.2 Å². The second-order valence-electron chi connectivity index (χ2n) is 4.48. The van der Waals surface area contributed by atoms with Crippen LogP contribution in [0.2, 0.25) is 0 Å². The first-order chi connectivity index (χ1) is 8.02. The van der Waals surface area contributed by atoms with E-state index in [1.807, 2.05) is 4.90 Å². The Morgan fingerprint density at radius 3 is 2.53 bits per heavy atom. The summed E-state index contributed by atoms with van der Waals surface area (Å²) < 4.78 is 0. The van der Waals surface area contributed by atoms with Crippen molar-refractivity contribution in [3.63, 3.8) is 0 Å². The second-order valence-corrected chi connectivity index (χ2v) is 4.48. The molecule has 1 rings (SSSR count). The van der Waals surface area contributed by atoms with E-state index in [1.54, 1.807) is 6.92 Å². The van der Waals surface area contributed by atoms with E-state index in [4.69, 9.17) is 10.8 Å². The van der Waals surface area contributed by atoms with E-state index in [9.17, 15) is 9.59 Å². The summed E-state index contributed by atoms with van der Waals surface area (Å²) >= 11 is 0. The summed E-state index contributed by atoms with van der Waals surface area (Å²) in [5, 5.41) is 11.3. The van der Waals surface area contributed by atoms with Crippen LogP contribution >= 0.6 is 0 Å². The largest absolute Gasteiger partial charge is 0.480 e. The van der Waals surface area contributed by atoms with Gasteiger partial charge in [-0.3, -0.25) is 9.69 Å². The topological polar surface area (TPSA) is 95.7 Å². The van der Waals surface area contributed by atoms with E-state index in [-0.39, 0.29) is 18.5 Å². The first-order valence-electron chi connectivity index (χ1n) is 6.03. The number of likely N-dealkylation sites (tertiary alicyclic amines) is 1. The fraction of sp³-hybridized carbons (Fsp3) is 0.818. The molecular weight excluding hydrogens is 222 g/mol. The number of hydrogen-bond acceptors (Lipinski definition) is 4. The standard InChI is InChI=1S/C11H21N3O3/c1-2-9(11(16)17)13-10(15)7-14-5-3-8(12)4-6-14/h8-9H,2-7,12H2,1H3,(H,13,15)(H,16,17). The van der Waals surface area contributed by atoms with Gasteiger partial charge in [-0.1, -0.05) is 6.92 Å². The number of nitrogens with zero attached hydrogens (tertiary/aromatic N) is 1. The molecule has 0 spiro atoms. The lowest BCUT2D eigenvalue weighted by Crippen LogP contribution is -2.48. The first kappa shape index (κ1) is 13.9. The van der Waals surface area contributed by atoms with Gasteiger partial charge in [0.25, 0.3) is 0 Å². The van der Waals surface area contributed by atoms with Crippen LogP contribution in [0, 0.1) is 0 Å². The van der Waals surface area contributed by atoms with Crippen LogP contribution in [0.25, 0.3) is 0 Å². The van der Waals surface area contributed by atoms with E-state index < -0.39 is 12.0 Å². The van der Waals surface area contributed by atoms with Gasteiger partial charge >= 0.3 is 5.97 Å². The highest BCUT2D eigenvalue weighted by Crippen LogP contribution is 2.07. The molecule has 6 nitrogen and oxygen atoms in total. The maximum atomic E-state index is 11.6. The molecule has 0 aliphatic carbocycles. The molecule has 1 aliphatic heterocycles. The third kappa shape index (κ3) is 4.70. The summed E-state index contributed by atoms with van der Waals surface area (Å²) in [4.78, 5) is 24.4. The van der Waals surface area contributed by atoms with Gasteiger partial charge in [0.1, 0.15) is 6.04 Å². The molecule has 0 saturated carbocycles. The summed E-state index contributed by atoms with van der Waals surface area (Å²) in [5.41, 5.74) is 5.76. The van der Waals surface area contributed by atoms with E-state index in [0.29, 0.717) is 6.42 Å². The minimum atomic E-state index is -0.985. The quantitative estimate of drug-likeness (QED) is 0.598. The fourth-order valence-corrected chi connectivity index (χ4v) is 1.89. The van der Waals surface area contributed by atoms with Crippen LogP contribution in [0.4, 0.5) is 0 Å². The molecule has 1 fully saturated rings. The van der Waals surface area contributed by atoms with E-state index >= 15 is 0 Å². The van der Waals surface area contributed by atoms with Gasteiger partial charge in [0.05, 0.1) is 6.54 Å². The van der Waals surface area contributed by atoms with Gasteiger partial charge in [0.15, 0.2) is 0 Å². The number of hydrogen-bond donors (Lipinski definition) is 3. The average molecular weight is 243 g/mol. The predicted octanol–water partition coefficient (Wildman–Crippen LogP) is -0.611. The van der Waals surface area contributed by atoms with E-state index in [0.717, 1.165) is 25.9 Å². The Balaban J connectivity index is 2.31. The van der Waals surface area contributed by atoms with Crippen molar-refractivity contribution in [3.8, 4) is 0 Å². The maximum absolute atomic E-state index is 11.6. The third-order valence-corrected chi connectivity index (χ3v) is 3.04. The SMILES string of the molecule is CCC(NC(=O)CN1CCC(N)CC1)C(=O)O. The number of carbonyl (C=O) groups excluding carboxylic acids is 1. The zero-order valence-corrected chi connectivity index (χ0v) is 10.2. The molecule has 0 bridgehead atoms. The molecule has 1 saturated heterocycles. The summed E-state index contributed by atoms with van der Waals surface area (Å²) in [5.74, 6) is -1.21. The second kappa shape index (κ2) is 6.56. The Bertz CT molecular complexity index is 275. The average Bonchev–Trinajstić information content (AvgIpc) is 2.28. The highest BCUT2D eigenvalue weighted by molar-refractivity contribution is 5.84. The van der Waals surface area contributed by atoms with Gasteiger partial charge in [-0.05, 0) is 19.3 Å². The maximum Gasteiger partial charge on any atom is 0.326 e. The number of nitrogens with two attached hydrogens (primary N) is 1. The molecule has 1 heterocycles. The molecule has 0 aromatic heterocycles.